The molecule has 0 bridgehead atoms. The lowest BCUT2D eigenvalue weighted by molar-refractivity contribution is 0.0787. The molecule has 3 heterocycles. The number of aryl methyl sites for hydroxylation is 1. The Morgan fingerprint density at radius 2 is 1.92 bits per heavy atom. The molecule has 0 unspecified atom stereocenters. The third-order valence-corrected chi connectivity index (χ3v) is 5.54. The molecule has 2 aromatic rings. The molecule has 2 fully saturated rings. The highest BCUT2D eigenvalue weighted by atomic mass is 16.2. The summed E-state index contributed by atoms with van der Waals surface area (Å²) in [6, 6.07) is 9.08. The van der Waals surface area contributed by atoms with Crippen LogP contribution in [0, 0.1) is 6.92 Å². The van der Waals surface area contributed by atoms with E-state index in [-0.39, 0.29) is 5.91 Å². The predicted molar refractivity (Wildman–Crippen MR) is 99.9 cm³/mol. The maximum atomic E-state index is 12.4. The number of carbonyl (C=O) groups excluding carboxylic acids is 1. The Morgan fingerprint density at radius 3 is 2.65 bits per heavy atom. The maximum absolute atomic E-state index is 12.4. The number of likely N-dealkylation sites (tertiary alicyclic amines) is 2. The van der Waals surface area contributed by atoms with E-state index in [0.717, 1.165) is 58.4 Å². The Kier molecular flexibility index (Phi) is 5.02. The van der Waals surface area contributed by atoms with Gasteiger partial charge < -0.3 is 4.90 Å². The lowest BCUT2D eigenvalue weighted by Crippen LogP contribution is -2.34. The van der Waals surface area contributed by atoms with Gasteiger partial charge in [-0.25, -0.2) is 4.68 Å². The first-order valence-corrected chi connectivity index (χ1v) is 9.68. The molecule has 0 aliphatic carbocycles. The van der Waals surface area contributed by atoms with Gasteiger partial charge in [-0.1, -0.05) is 35.0 Å². The summed E-state index contributed by atoms with van der Waals surface area (Å²) in [7, 11) is 0. The number of rotatable bonds is 4. The Labute approximate surface area is 154 Å². The molecular formula is C20H27N5O. The topological polar surface area (TPSA) is 54.3 Å². The Hall–Kier alpha value is -2.21. The lowest BCUT2D eigenvalue weighted by Gasteiger charge is -2.31. The summed E-state index contributed by atoms with van der Waals surface area (Å²) in [5, 5.41) is 8.39. The minimum atomic E-state index is 0.0330. The highest BCUT2D eigenvalue weighted by molar-refractivity contribution is 5.92. The van der Waals surface area contributed by atoms with Crippen LogP contribution >= 0.6 is 0 Å². The monoisotopic (exact) mass is 353 g/mol. The van der Waals surface area contributed by atoms with Gasteiger partial charge in [-0.05, 0) is 38.2 Å². The van der Waals surface area contributed by atoms with Crippen LogP contribution in [0.2, 0.25) is 0 Å². The van der Waals surface area contributed by atoms with Crippen LogP contribution in [-0.4, -0.2) is 56.9 Å². The van der Waals surface area contributed by atoms with Crippen LogP contribution in [0.1, 0.15) is 53.3 Å². The van der Waals surface area contributed by atoms with E-state index in [9.17, 15) is 4.79 Å². The second-order valence-corrected chi connectivity index (χ2v) is 7.58. The van der Waals surface area contributed by atoms with Crippen molar-refractivity contribution in [3.63, 3.8) is 0 Å². The van der Waals surface area contributed by atoms with Crippen LogP contribution in [0.4, 0.5) is 0 Å². The zero-order chi connectivity index (χ0) is 17.9. The summed E-state index contributed by atoms with van der Waals surface area (Å²) in [6.45, 7) is 6.94. The fourth-order valence-electron chi connectivity index (χ4n) is 4.05. The molecule has 0 radical (unpaired) electrons. The van der Waals surface area contributed by atoms with Crippen molar-refractivity contribution < 1.29 is 4.79 Å². The Bertz CT molecular complexity index is 757. The van der Waals surface area contributed by atoms with Gasteiger partial charge in [0.2, 0.25) is 0 Å². The van der Waals surface area contributed by atoms with Gasteiger partial charge in [0.1, 0.15) is 0 Å². The summed E-state index contributed by atoms with van der Waals surface area (Å²) < 4.78 is 1.91. The molecule has 0 spiro atoms. The van der Waals surface area contributed by atoms with Crippen molar-refractivity contribution in [1.82, 2.24) is 24.8 Å². The van der Waals surface area contributed by atoms with Crippen LogP contribution in [0.25, 0.3) is 0 Å². The fraction of sp³-hybridized carbons (Fsp3) is 0.550. The van der Waals surface area contributed by atoms with E-state index < -0.39 is 0 Å². The van der Waals surface area contributed by atoms with E-state index in [0.29, 0.717) is 11.7 Å². The second-order valence-electron chi connectivity index (χ2n) is 7.58. The molecule has 6 heteroatoms. The predicted octanol–water partition coefficient (Wildman–Crippen LogP) is 2.66. The molecule has 4 rings (SSSR count). The molecule has 2 saturated heterocycles. The quantitative estimate of drug-likeness (QED) is 0.848. The maximum Gasteiger partial charge on any atom is 0.276 e. The number of hydrogen-bond acceptors (Lipinski definition) is 4. The first kappa shape index (κ1) is 17.2. The van der Waals surface area contributed by atoms with Crippen LogP contribution in [0.15, 0.2) is 30.5 Å². The molecular weight excluding hydrogens is 326 g/mol. The molecule has 138 valence electrons. The average Bonchev–Trinajstić information content (AvgIpc) is 3.34. The Balaban J connectivity index is 1.32. The van der Waals surface area contributed by atoms with Crippen LogP contribution in [0.5, 0.6) is 0 Å². The SMILES string of the molecule is Cc1cccc(CN2CCC(n3cc(C(=O)N4CCCC4)nn3)CC2)c1. The summed E-state index contributed by atoms with van der Waals surface area (Å²) in [6.07, 6.45) is 6.14. The molecule has 2 aliphatic rings. The Morgan fingerprint density at radius 1 is 1.15 bits per heavy atom. The minimum Gasteiger partial charge on any atom is -0.337 e. The van der Waals surface area contributed by atoms with Gasteiger partial charge in [-0.15, -0.1) is 5.10 Å². The number of amides is 1. The van der Waals surface area contributed by atoms with E-state index in [4.69, 9.17) is 0 Å². The number of nitrogens with zero attached hydrogens (tertiary/aromatic N) is 5. The van der Waals surface area contributed by atoms with E-state index in [1.54, 1.807) is 0 Å². The van der Waals surface area contributed by atoms with Crippen LogP contribution in [0.3, 0.4) is 0 Å². The minimum absolute atomic E-state index is 0.0330. The van der Waals surface area contributed by atoms with Gasteiger partial charge in [0.15, 0.2) is 5.69 Å². The zero-order valence-electron chi connectivity index (χ0n) is 15.5. The third kappa shape index (κ3) is 3.80. The molecule has 1 amide bonds. The van der Waals surface area contributed by atoms with Crippen molar-refractivity contribution in [2.45, 2.75) is 45.2 Å². The summed E-state index contributed by atoms with van der Waals surface area (Å²) >= 11 is 0. The highest BCUT2D eigenvalue weighted by Gasteiger charge is 2.25. The lowest BCUT2D eigenvalue weighted by atomic mass is 10.0. The molecule has 0 N–H and O–H groups in total. The summed E-state index contributed by atoms with van der Waals surface area (Å²) in [5.74, 6) is 0.0330. The van der Waals surface area contributed by atoms with Crippen molar-refractivity contribution >= 4 is 5.91 Å². The van der Waals surface area contributed by atoms with Gasteiger partial charge in [-0.3, -0.25) is 9.69 Å². The smallest absolute Gasteiger partial charge is 0.276 e. The second kappa shape index (κ2) is 7.58. The number of carbonyl (C=O) groups is 1. The fourth-order valence-corrected chi connectivity index (χ4v) is 4.05. The number of piperidine rings is 1. The molecule has 2 aliphatic heterocycles. The van der Waals surface area contributed by atoms with Gasteiger partial charge in [-0.2, -0.15) is 0 Å². The first-order valence-electron chi connectivity index (χ1n) is 9.68. The van der Waals surface area contributed by atoms with Crippen molar-refractivity contribution in [2.75, 3.05) is 26.2 Å². The van der Waals surface area contributed by atoms with Gasteiger partial charge in [0, 0.05) is 32.7 Å². The third-order valence-electron chi connectivity index (χ3n) is 5.54. The molecule has 26 heavy (non-hydrogen) atoms. The number of aromatic nitrogens is 3. The zero-order valence-corrected chi connectivity index (χ0v) is 15.5. The van der Waals surface area contributed by atoms with Crippen molar-refractivity contribution in [3.8, 4) is 0 Å². The average molecular weight is 353 g/mol. The molecule has 0 atom stereocenters. The summed E-state index contributed by atoms with van der Waals surface area (Å²) in [4.78, 5) is 16.8. The number of hydrogen-bond donors (Lipinski definition) is 0. The van der Waals surface area contributed by atoms with E-state index in [2.05, 4.69) is 46.4 Å². The molecule has 1 aromatic heterocycles. The van der Waals surface area contributed by atoms with Crippen molar-refractivity contribution in [3.05, 3.63) is 47.3 Å². The van der Waals surface area contributed by atoms with Crippen LogP contribution < -0.4 is 0 Å². The standard InChI is InChI=1S/C20H27N5O/c1-16-5-4-6-17(13-16)14-23-11-7-18(8-12-23)25-15-19(21-22-25)20(26)24-9-2-3-10-24/h4-6,13,15,18H,2-3,7-12,14H2,1H3. The molecule has 1 aromatic carbocycles. The van der Waals surface area contributed by atoms with Gasteiger partial charge in [0.05, 0.1) is 12.2 Å². The summed E-state index contributed by atoms with van der Waals surface area (Å²) in [5.41, 5.74) is 3.19. The van der Waals surface area contributed by atoms with E-state index in [1.807, 2.05) is 15.8 Å². The normalized spacial score (nSPS) is 19.2. The van der Waals surface area contributed by atoms with Gasteiger partial charge in [0.25, 0.3) is 5.91 Å². The highest BCUT2D eigenvalue weighted by Crippen LogP contribution is 2.23. The van der Waals surface area contributed by atoms with Crippen LogP contribution in [-0.2, 0) is 6.54 Å². The number of benzene rings is 1. The van der Waals surface area contributed by atoms with Gasteiger partial charge >= 0.3 is 0 Å². The molecule has 0 saturated carbocycles. The van der Waals surface area contributed by atoms with E-state index >= 15 is 0 Å². The van der Waals surface area contributed by atoms with Crippen molar-refractivity contribution in [2.24, 2.45) is 0 Å². The largest absolute Gasteiger partial charge is 0.337 e. The first-order chi connectivity index (χ1) is 12.7. The molecule has 6 nitrogen and oxygen atoms in total. The van der Waals surface area contributed by atoms with Crippen molar-refractivity contribution in [1.29, 1.82) is 0 Å². The van der Waals surface area contributed by atoms with E-state index in [1.165, 1.54) is 11.1 Å².